The number of carbonyl (C=O) groups excluding carboxylic acids is 1. The second-order valence-corrected chi connectivity index (χ2v) is 12.5. The van der Waals surface area contributed by atoms with E-state index in [0.717, 1.165) is 18.2 Å². The van der Waals surface area contributed by atoms with Crippen molar-refractivity contribution in [1.29, 1.82) is 0 Å². The fraction of sp³-hybridized carbons (Fsp3) is 0.344. The minimum absolute atomic E-state index is 0.0111. The Labute approximate surface area is 303 Å². The van der Waals surface area contributed by atoms with E-state index in [4.69, 9.17) is 60.6 Å². The summed E-state index contributed by atoms with van der Waals surface area (Å²) in [6.45, 7) is 4.69. The summed E-state index contributed by atoms with van der Waals surface area (Å²) < 4.78 is 55.5. The number of fused-ring (bicyclic) bond motifs is 2. The molecule has 0 atom stereocenters. The van der Waals surface area contributed by atoms with Gasteiger partial charge in [0.05, 0.1) is 80.9 Å². The third-order valence-electron chi connectivity index (χ3n) is 7.75. The van der Waals surface area contributed by atoms with Crippen molar-refractivity contribution in [3.05, 3.63) is 88.6 Å². The molecule has 0 spiro atoms. The molecule has 0 amide bonds. The minimum Gasteiger partial charge on any atom is -0.506 e. The number of ether oxygens (including phenoxy) is 4. The first-order valence-electron chi connectivity index (χ1n) is 15.0. The van der Waals surface area contributed by atoms with E-state index >= 15 is 0 Å². The highest BCUT2D eigenvalue weighted by molar-refractivity contribution is 6.34. The first kappa shape index (κ1) is 37.5. The van der Waals surface area contributed by atoms with Gasteiger partial charge in [0.2, 0.25) is 0 Å². The number of rotatable bonds is 6. The van der Waals surface area contributed by atoms with Crippen molar-refractivity contribution in [2.75, 3.05) is 40.1 Å². The van der Waals surface area contributed by atoms with Crippen molar-refractivity contribution in [2.24, 2.45) is 0 Å². The number of hydrogen-bond acceptors (Lipinski definition) is 8. The smallest absolute Gasteiger partial charge is 0.330 e. The number of phenolic OH excluding ortho intramolecular Hbond substituents is 1. The molecule has 0 saturated carbocycles. The van der Waals surface area contributed by atoms with E-state index in [1.807, 2.05) is 0 Å². The molecule has 0 fully saturated rings. The SMILES string of the molecule is COC(=O)/C=C(/C)COc1cc(-c2c(Cl)n3n(c2=O)CCOCC3)c(F)cc1Cl.O=c1c(-c2cc(O)c(Cl)cc2F)c(Cl)n2n1CCOCC2. The number of aromatic nitrogens is 4. The Hall–Kier alpha value is -3.79. The average molecular weight is 778 g/mol. The number of carbonyl (C=O) groups is 1. The zero-order valence-corrected chi connectivity index (χ0v) is 29.6. The van der Waals surface area contributed by atoms with Crippen molar-refractivity contribution in [3.8, 4) is 33.8 Å². The van der Waals surface area contributed by atoms with E-state index in [1.54, 1.807) is 16.3 Å². The second-order valence-electron chi connectivity index (χ2n) is 11.0. The van der Waals surface area contributed by atoms with Crippen LogP contribution in [0.1, 0.15) is 6.92 Å². The molecular formula is C32H30Cl4F2N4O8. The van der Waals surface area contributed by atoms with Crippen molar-refractivity contribution < 1.29 is 37.6 Å². The van der Waals surface area contributed by atoms with Crippen LogP contribution in [0.25, 0.3) is 22.3 Å². The summed E-state index contributed by atoms with van der Waals surface area (Å²) in [5.74, 6) is -2.07. The number of benzene rings is 2. The van der Waals surface area contributed by atoms with Crippen LogP contribution >= 0.6 is 46.4 Å². The summed E-state index contributed by atoms with van der Waals surface area (Å²) in [7, 11) is 1.27. The van der Waals surface area contributed by atoms with E-state index in [2.05, 4.69) is 4.74 Å². The number of phenols is 1. The Bertz CT molecular complexity index is 2090. The van der Waals surface area contributed by atoms with Gasteiger partial charge in [-0.1, -0.05) is 46.4 Å². The zero-order chi connectivity index (χ0) is 36.3. The van der Waals surface area contributed by atoms with Crippen LogP contribution in [0.2, 0.25) is 20.4 Å². The van der Waals surface area contributed by atoms with Crippen molar-refractivity contribution in [1.82, 2.24) is 18.7 Å². The lowest BCUT2D eigenvalue weighted by Gasteiger charge is -2.11. The standard InChI is InChI=1S/C19H19Cl2FN2O5.C13H11Cl2FN2O3/c1-11(7-16(25)27-2)10-29-15-8-12(14(22)9-13(15)20)17-18(21)23-3-5-28-6-4-24(23)19(17)26;14-8-6-9(16)7(5-10(8)19)11-12(15)17-1-3-21-4-2-18(17)13(11)20/h7-9H,3-6,10H2,1-2H3;5-6,19H,1-4H2/b11-7-;. The number of methoxy groups -OCH3 is 1. The highest BCUT2D eigenvalue weighted by atomic mass is 35.5. The average Bonchev–Trinajstić information content (AvgIpc) is 3.30. The van der Waals surface area contributed by atoms with Crippen LogP contribution in [-0.4, -0.2) is 69.9 Å². The van der Waals surface area contributed by atoms with Crippen LogP contribution in [0.15, 0.2) is 45.5 Å². The lowest BCUT2D eigenvalue weighted by atomic mass is 10.1. The van der Waals surface area contributed by atoms with Crippen LogP contribution in [0.3, 0.4) is 0 Å². The van der Waals surface area contributed by atoms with Crippen LogP contribution < -0.4 is 15.9 Å². The highest BCUT2D eigenvalue weighted by Gasteiger charge is 2.26. The molecule has 4 heterocycles. The van der Waals surface area contributed by atoms with Gasteiger partial charge in [-0.05, 0) is 36.8 Å². The molecule has 2 aromatic carbocycles. The van der Waals surface area contributed by atoms with E-state index in [9.17, 15) is 28.3 Å². The summed E-state index contributed by atoms with van der Waals surface area (Å²) in [5.41, 5.74) is -0.297. The Kier molecular flexibility index (Phi) is 12.0. The lowest BCUT2D eigenvalue weighted by Crippen LogP contribution is -2.23. The van der Waals surface area contributed by atoms with Gasteiger partial charge in [0.1, 0.15) is 40.0 Å². The van der Waals surface area contributed by atoms with Gasteiger partial charge in [0.15, 0.2) is 0 Å². The monoisotopic (exact) mass is 776 g/mol. The lowest BCUT2D eigenvalue weighted by molar-refractivity contribution is -0.134. The first-order chi connectivity index (χ1) is 23.8. The molecule has 268 valence electrons. The van der Waals surface area contributed by atoms with Gasteiger partial charge in [0.25, 0.3) is 11.1 Å². The molecule has 2 aliphatic rings. The van der Waals surface area contributed by atoms with Crippen molar-refractivity contribution >= 4 is 52.4 Å². The molecule has 18 heteroatoms. The van der Waals surface area contributed by atoms with Gasteiger partial charge in [-0.3, -0.25) is 19.0 Å². The van der Waals surface area contributed by atoms with E-state index in [1.165, 1.54) is 28.6 Å². The van der Waals surface area contributed by atoms with Gasteiger partial charge >= 0.3 is 5.97 Å². The van der Waals surface area contributed by atoms with Gasteiger partial charge in [0, 0.05) is 17.2 Å². The normalized spacial score (nSPS) is 14.5. The zero-order valence-electron chi connectivity index (χ0n) is 26.6. The quantitative estimate of drug-likeness (QED) is 0.193. The van der Waals surface area contributed by atoms with Crippen LogP contribution in [0, 0.1) is 11.6 Å². The molecule has 12 nitrogen and oxygen atoms in total. The predicted molar refractivity (Wildman–Crippen MR) is 183 cm³/mol. The van der Waals surface area contributed by atoms with Gasteiger partial charge in [-0.15, -0.1) is 0 Å². The second kappa shape index (κ2) is 16.0. The fourth-order valence-corrected chi connectivity index (χ4v) is 6.39. The van der Waals surface area contributed by atoms with Crippen LogP contribution in [0.4, 0.5) is 8.78 Å². The third kappa shape index (κ3) is 7.75. The Balaban J connectivity index is 0.000000204. The van der Waals surface area contributed by atoms with Gasteiger partial charge in [-0.2, -0.15) is 0 Å². The summed E-state index contributed by atoms with van der Waals surface area (Å²) in [4.78, 5) is 36.6. The number of esters is 1. The minimum atomic E-state index is -0.714. The molecular weight excluding hydrogens is 748 g/mol. The summed E-state index contributed by atoms with van der Waals surface area (Å²) in [6, 6.07) is 4.47. The maximum Gasteiger partial charge on any atom is 0.330 e. The summed E-state index contributed by atoms with van der Waals surface area (Å²) in [6.07, 6.45) is 1.27. The molecule has 1 N–H and O–H groups in total. The molecule has 0 bridgehead atoms. The molecule has 0 unspecified atom stereocenters. The van der Waals surface area contributed by atoms with Crippen LogP contribution in [-0.2, 0) is 45.2 Å². The Morgan fingerprint density at radius 3 is 1.76 bits per heavy atom. The third-order valence-corrected chi connectivity index (χ3v) is 9.12. The number of nitrogens with zero attached hydrogens (tertiary/aromatic N) is 4. The highest BCUT2D eigenvalue weighted by Crippen LogP contribution is 2.36. The largest absolute Gasteiger partial charge is 0.506 e. The molecule has 0 radical (unpaired) electrons. The van der Waals surface area contributed by atoms with Crippen molar-refractivity contribution in [2.45, 2.75) is 33.1 Å². The van der Waals surface area contributed by atoms with Crippen molar-refractivity contribution in [3.63, 3.8) is 0 Å². The molecule has 50 heavy (non-hydrogen) atoms. The summed E-state index contributed by atoms with van der Waals surface area (Å²) in [5, 5.41) is 9.78. The summed E-state index contributed by atoms with van der Waals surface area (Å²) >= 11 is 24.4. The van der Waals surface area contributed by atoms with Gasteiger partial charge in [-0.25, -0.2) is 22.9 Å². The Morgan fingerprint density at radius 2 is 1.26 bits per heavy atom. The fourth-order valence-electron chi connectivity index (χ4n) is 5.32. The molecule has 0 saturated heterocycles. The topological polar surface area (TPSA) is 128 Å². The number of hydrogen-bond donors (Lipinski definition) is 1. The molecule has 4 aromatic rings. The first-order valence-corrected chi connectivity index (χ1v) is 16.5. The Morgan fingerprint density at radius 1 is 0.800 bits per heavy atom. The molecule has 0 aliphatic carbocycles. The predicted octanol–water partition coefficient (Wildman–Crippen LogP) is 5.79. The maximum atomic E-state index is 14.7. The van der Waals surface area contributed by atoms with E-state index in [0.29, 0.717) is 58.2 Å². The van der Waals surface area contributed by atoms with Crippen LogP contribution in [0.5, 0.6) is 11.5 Å². The molecule has 2 aromatic heterocycles. The van der Waals surface area contributed by atoms with E-state index < -0.39 is 28.7 Å². The van der Waals surface area contributed by atoms with Gasteiger partial charge < -0.3 is 24.1 Å². The van der Waals surface area contributed by atoms with E-state index in [-0.39, 0.29) is 60.7 Å². The maximum absolute atomic E-state index is 14.7. The number of halogens is 6. The number of aromatic hydroxyl groups is 1. The molecule has 6 rings (SSSR count). The molecule has 2 aliphatic heterocycles.